The lowest BCUT2D eigenvalue weighted by Gasteiger charge is -2.31. The largest absolute Gasteiger partial charge is 0.469 e. The predicted molar refractivity (Wildman–Crippen MR) is 86.9 cm³/mol. The number of nitrogens with zero attached hydrogens (tertiary/aromatic N) is 1. The molecule has 0 unspecified atom stereocenters. The summed E-state index contributed by atoms with van der Waals surface area (Å²) in [6.07, 6.45) is 2.36. The molecule has 22 heavy (non-hydrogen) atoms. The molecule has 1 aliphatic rings. The Morgan fingerprint density at radius 2 is 2.18 bits per heavy atom. The molecule has 0 aliphatic carbocycles. The van der Waals surface area contributed by atoms with Crippen LogP contribution in [0.5, 0.6) is 0 Å². The van der Waals surface area contributed by atoms with Crippen molar-refractivity contribution in [2.75, 3.05) is 26.7 Å². The van der Waals surface area contributed by atoms with Gasteiger partial charge in [-0.1, -0.05) is 13.0 Å². The van der Waals surface area contributed by atoms with Crippen LogP contribution in [0.1, 0.15) is 24.6 Å². The highest BCUT2D eigenvalue weighted by molar-refractivity contribution is 7.09. The number of urea groups is 1. The molecule has 2 rings (SSSR count). The van der Waals surface area contributed by atoms with Crippen molar-refractivity contribution in [2.45, 2.75) is 26.2 Å². The average molecular weight is 324 g/mol. The van der Waals surface area contributed by atoms with Gasteiger partial charge in [0.2, 0.25) is 0 Å². The number of amides is 2. The summed E-state index contributed by atoms with van der Waals surface area (Å²) < 4.78 is 4.76. The number of likely N-dealkylation sites (tertiary alicyclic amines) is 1. The zero-order chi connectivity index (χ0) is 15.9. The Hall–Kier alpha value is -1.56. The summed E-state index contributed by atoms with van der Waals surface area (Å²) in [6, 6.07) is 4.15. The number of methoxy groups -OCH3 is 1. The van der Waals surface area contributed by atoms with E-state index in [1.54, 1.807) is 16.2 Å². The first kappa shape index (κ1) is 16.8. The van der Waals surface area contributed by atoms with Gasteiger partial charge in [0.1, 0.15) is 0 Å². The van der Waals surface area contributed by atoms with Crippen LogP contribution < -0.4 is 5.32 Å². The van der Waals surface area contributed by atoms with E-state index >= 15 is 0 Å². The maximum atomic E-state index is 12.2. The Labute approximate surface area is 135 Å². The molecule has 122 valence electrons. The van der Waals surface area contributed by atoms with E-state index in [1.807, 2.05) is 0 Å². The molecule has 0 spiro atoms. The van der Waals surface area contributed by atoms with Crippen molar-refractivity contribution >= 4 is 23.3 Å². The topological polar surface area (TPSA) is 58.6 Å². The number of thiophene rings is 1. The van der Waals surface area contributed by atoms with E-state index in [9.17, 15) is 9.59 Å². The van der Waals surface area contributed by atoms with E-state index < -0.39 is 0 Å². The second kappa shape index (κ2) is 8.17. The Kier molecular flexibility index (Phi) is 6.24. The van der Waals surface area contributed by atoms with E-state index in [-0.39, 0.29) is 17.9 Å². The number of ether oxygens (including phenoxy) is 1. The fraction of sp³-hybridized carbons (Fsp3) is 0.625. The number of carbonyl (C=O) groups is 2. The van der Waals surface area contributed by atoms with Gasteiger partial charge in [0.05, 0.1) is 13.0 Å². The molecule has 1 atom stereocenters. The highest BCUT2D eigenvalue weighted by Crippen LogP contribution is 2.18. The molecule has 1 aromatic rings. The predicted octanol–water partition coefficient (Wildman–Crippen LogP) is 2.52. The quantitative estimate of drug-likeness (QED) is 0.847. The second-order valence-electron chi connectivity index (χ2n) is 5.86. The molecule has 6 heteroatoms. The number of hydrogen-bond acceptors (Lipinski definition) is 4. The number of rotatable bonds is 5. The Bertz CT molecular complexity index is 482. The van der Waals surface area contributed by atoms with Crippen LogP contribution in [0.3, 0.4) is 0 Å². The van der Waals surface area contributed by atoms with E-state index in [2.05, 4.69) is 29.8 Å². The zero-order valence-corrected chi connectivity index (χ0v) is 14.0. The van der Waals surface area contributed by atoms with Crippen molar-refractivity contribution in [1.29, 1.82) is 0 Å². The minimum absolute atomic E-state index is 0.0265. The highest BCUT2D eigenvalue weighted by atomic mass is 32.1. The van der Waals surface area contributed by atoms with Gasteiger partial charge in [-0.05, 0) is 36.6 Å². The summed E-state index contributed by atoms with van der Waals surface area (Å²) in [5.74, 6) is 0.187. The highest BCUT2D eigenvalue weighted by Gasteiger charge is 2.27. The zero-order valence-electron chi connectivity index (χ0n) is 13.2. The summed E-state index contributed by atoms with van der Waals surface area (Å²) in [5, 5.41) is 5.07. The summed E-state index contributed by atoms with van der Waals surface area (Å²) in [7, 11) is 1.41. The molecule has 1 aliphatic heterocycles. The van der Waals surface area contributed by atoms with Crippen LogP contribution in [0.25, 0.3) is 0 Å². The van der Waals surface area contributed by atoms with Crippen LogP contribution in [0.4, 0.5) is 4.79 Å². The Morgan fingerprint density at radius 1 is 1.45 bits per heavy atom. The minimum Gasteiger partial charge on any atom is -0.469 e. The van der Waals surface area contributed by atoms with Gasteiger partial charge in [-0.2, -0.15) is 0 Å². The van der Waals surface area contributed by atoms with E-state index in [1.165, 1.54) is 12.0 Å². The monoisotopic (exact) mass is 324 g/mol. The van der Waals surface area contributed by atoms with Crippen LogP contribution in [-0.2, 0) is 16.0 Å². The molecule has 0 saturated carbocycles. The molecule has 0 radical (unpaired) electrons. The van der Waals surface area contributed by atoms with Crippen LogP contribution in [0, 0.1) is 11.8 Å². The molecular formula is C16H24N2O3S. The van der Waals surface area contributed by atoms with Crippen LogP contribution in [0.2, 0.25) is 0 Å². The van der Waals surface area contributed by atoms with Crippen molar-refractivity contribution in [2.24, 2.45) is 11.8 Å². The molecule has 5 nitrogen and oxygen atoms in total. The fourth-order valence-corrected chi connectivity index (χ4v) is 3.57. The maximum Gasteiger partial charge on any atom is 0.317 e. The first-order chi connectivity index (χ1) is 10.6. The maximum absolute atomic E-state index is 12.2. The van der Waals surface area contributed by atoms with Gasteiger partial charge in [-0.3, -0.25) is 4.79 Å². The van der Waals surface area contributed by atoms with Gasteiger partial charge in [0.25, 0.3) is 0 Å². The molecule has 1 saturated heterocycles. The Balaban J connectivity index is 1.68. The molecule has 0 aromatic carbocycles. The lowest BCUT2D eigenvalue weighted by molar-refractivity contribution is -0.146. The minimum atomic E-state index is -0.162. The molecule has 2 heterocycles. The first-order valence-electron chi connectivity index (χ1n) is 7.73. The first-order valence-corrected chi connectivity index (χ1v) is 8.61. The van der Waals surface area contributed by atoms with Crippen LogP contribution >= 0.6 is 11.3 Å². The van der Waals surface area contributed by atoms with Gasteiger partial charge in [0.15, 0.2) is 0 Å². The molecule has 1 N–H and O–H groups in total. The molecule has 1 aromatic heterocycles. The number of carbonyl (C=O) groups excluding carboxylic acids is 2. The third-order valence-electron chi connectivity index (χ3n) is 4.05. The summed E-state index contributed by atoms with van der Waals surface area (Å²) in [5.41, 5.74) is 0. The van der Waals surface area contributed by atoms with Gasteiger partial charge in [-0.15, -0.1) is 11.3 Å². The van der Waals surface area contributed by atoms with Crippen molar-refractivity contribution in [1.82, 2.24) is 10.2 Å². The molecule has 1 fully saturated rings. The van der Waals surface area contributed by atoms with Crippen molar-refractivity contribution in [3.05, 3.63) is 22.4 Å². The molecule has 0 bridgehead atoms. The smallest absolute Gasteiger partial charge is 0.317 e. The van der Waals surface area contributed by atoms with Crippen molar-refractivity contribution in [3.8, 4) is 0 Å². The summed E-state index contributed by atoms with van der Waals surface area (Å²) in [6.45, 7) is 4.05. The average Bonchev–Trinajstić information content (AvgIpc) is 3.05. The fourth-order valence-electron chi connectivity index (χ4n) is 2.70. The molecular weight excluding hydrogens is 300 g/mol. The van der Waals surface area contributed by atoms with Crippen molar-refractivity contribution in [3.63, 3.8) is 0 Å². The Morgan fingerprint density at radius 3 is 2.77 bits per heavy atom. The van der Waals surface area contributed by atoms with Crippen LogP contribution in [-0.4, -0.2) is 43.6 Å². The van der Waals surface area contributed by atoms with Gasteiger partial charge in [0, 0.05) is 24.5 Å². The summed E-state index contributed by atoms with van der Waals surface area (Å²) in [4.78, 5) is 26.8. The number of hydrogen-bond donors (Lipinski definition) is 1. The van der Waals surface area contributed by atoms with Gasteiger partial charge < -0.3 is 15.0 Å². The lowest BCUT2D eigenvalue weighted by atomic mass is 9.97. The normalized spacial score (nSPS) is 17.1. The number of esters is 1. The van der Waals surface area contributed by atoms with Gasteiger partial charge >= 0.3 is 12.0 Å². The number of piperidine rings is 1. The van der Waals surface area contributed by atoms with Crippen LogP contribution in [0.15, 0.2) is 17.5 Å². The third-order valence-corrected chi connectivity index (χ3v) is 4.95. The standard InChI is InChI=1S/C16H24N2O3S/c1-12(10-14-4-3-9-22-14)11-17-16(20)18-7-5-13(6-8-18)15(19)21-2/h3-4,9,12-13H,5-8,10-11H2,1-2H3,(H,17,20)/t12-/m1/s1. The van der Waals surface area contributed by atoms with Crippen molar-refractivity contribution < 1.29 is 14.3 Å². The van der Waals surface area contributed by atoms with E-state index in [0.717, 1.165) is 6.42 Å². The summed E-state index contributed by atoms with van der Waals surface area (Å²) >= 11 is 1.75. The lowest BCUT2D eigenvalue weighted by Crippen LogP contribution is -2.46. The SMILES string of the molecule is COC(=O)C1CCN(C(=O)NC[C@H](C)Cc2cccs2)CC1. The van der Waals surface area contributed by atoms with E-state index in [4.69, 9.17) is 4.74 Å². The van der Waals surface area contributed by atoms with Gasteiger partial charge in [-0.25, -0.2) is 4.79 Å². The van der Waals surface area contributed by atoms with E-state index in [0.29, 0.717) is 38.4 Å². The molecule has 2 amide bonds. The second-order valence-corrected chi connectivity index (χ2v) is 6.89. The third kappa shape index (κ3) is 4.73. The number of nitrogens with one attached hydrogen (secondary N) is 1.